The molecule has 4 N–H and O–H groups in total. The Morgan fingerprint density at radius 3 is 2.39 bits per heavy atom. The van der Waals surface area contributed by atoms with Gasteiger partial charge in [-0.05, 0) is 52.3 Å². The first kappa shape index (κ1) is 24.8. The number of thioether (sulfide) groups is 1. The summed E-state index contributed by atoms with van der Waals surface area (Å²) in [5.41, 5.74) is 5.75. The summed E-state index contributed by atoms with van der Waals surface area (Å²) in [7, 11) is 0. The Morgan fingerprint density at radius 2 is 1.82 bits per heavy atom. The molecule has 2 amide bonds. The highest BCUT2D eigenvalue weighted by Gasteiger charge is 2.64. The molecule has 0 saturated carbocycles. The second-order valence-corrected chi connectivity index (χ2v) is 11.3. The zero-order chi connectivity index (χ0) is 24.7. The number of hydrogen-bond donors (Lipinski definition) is 3. The summed E-state index contributed by atoms with van der Waals surface area (Å²) >= 11 is 1.37. The highest BCUT2D eigenvalue weighted by molar-refractivity contribution is 8.01. The van der Waals surface area contributed by atoms with Crippen molar-refractivity contribution in [1.82, 2.24) is 10.2 Å². The van der Waals surface area contributed by atoms with Gasteiger partial charge in [0.15, 0.2) is 0 Å². The van der Waals surface area contributed by atoms with Crippen LogP contribution >= 0.6 is 11.8 Å². The van der Waals surface area contributed by atoms with Gasteiger partial charge in [-0.1, -0.05) is 12.1 Å². The fraction of sp³-hybridized carbons (Fsp3) is 0.545. The van der Waals surface area contributed by atoms with Crippen LogP contribution in [0.25, 0.3) is 0 Å². The fourth-order valence-corrected chi connectivity index (χ4v) is 5.26. The van der Waals surface area contributed by atoms with Crippen LogP contribution in [0.15, 0.2) is 24.3 Å². The molecule has 10 nitrogen and oxygen atoms in total. The van der Waals surface area contributed by atoms with E-state index in [0.717, 1.165) is 0 Å². The summed E-state index contributed by atoms with van der Waals surface area (Å²) in [5.74, 6) is -2.11. The number of ether oxygens (including phenoxy) is 2. The van der Waals surface area contributed by atoms with Crippen LogP contribution in [0.3, 0.4) is 0 Å². The number of benzene rings is 1. The smallest absolute Gasteiger partial charge is 0.333 e. The largest absolute Gasteiger partial charge is 0.508 e. The summed E-state index contributed by atoms with van der Waals surface area (Å²) in [4.78, 5) is 51.4. The van der Waals surface area contributed by atoms with Crippen LogP contribution in [0.1, 0.15) is 46.2 Å². The molecule has 2 fully saturated rings. The second-order valence-electron chi connectivity index (χ2n) is 9.58. The lowest BCUT2D eigenvalue weighted by atomic mass is 9.95. The molecule has 0 aliphatic carbocycles. The average Bonchev–Trinajstić information content (AvgIpc) is 2.98. The van der Waals surface area contributed by atoms with Gasteiger partial charge in [0.25, 0.3) is 0 Å². The van der Waals surface area contributed by atoms with Crippen molar-refractivity contribution in [3.05, 3.63) is 29.8 Å². The maximum Gasteiger partial charge on any atom is 0.333 e. The average molecular weight is 480 g/mol. The van der Waals surface area contributed by atoms with E-state index in [2.05, 4.69) is 5.32 Å². The predicted octanol–water partition coefficient (Wildman–Crippen LogP) is 1.03. The SMILES string of the molecule is CC(C)(C)C(=O)OCOC(=O)[C@@H]1N2C(=O)[C@@H](NC(=O)C(N)c3ccc(O)cc3)[C@H]2SC1(C)C. The fourth-order valence-electron chi connectivity index (χ4n) is 3.64. The Labute approximate surface area is 196 Å². The molecule has 0 bridgehead atoms. The quantitative estimate of drug-likeness (QED) is 0.309. The Balaban J connectivity index is 1.61. The molecule has 3 rings (SSSR count). The lowest BCUT2D eigenvalue weighted by Gasteiger charge is -2.44. The minimum atomic E-state index is -1.02. The highest BCUT2D eigenvalue weighted by Crippen LogP contribution is 2.51. The van der Waals surface area contributed by atoms with Crippen molar-refractivity contribution in [3.63, 3.8) is 0 Å². The molecule has 0 spiro atoms. The lowest BCUT2D eigenvalue weighted by molar-refractivity contribution is -0.180. The molecule has 2 aliphatic heterocycles. The van der Waals surface area contributed by atoms with Gasteiger partial charge in [-0.15, -0.1) is 11.8 Å². The zero-order valence-electron chi connectivity index (χ0n) is 19.2. The van der Waals surface area contributed by atoms with Crippen molar-refractivity contribution >= 4 is 35.5 Å². The lowest BCUT2D eigenvalue weighted by Crippen LogP contribution is -2.71. The van der Waals surface area contributed by atoms with Crippen LogP contribution < -0.4 is 11.1 Å². The Bertz CT molecular complexity index is 958. The number of phenols is 1. The van der Waals surface area contributed by atoms with Crippen LogP contribution in [0, 0.1) is 5.41 Å². The van der Waals surface area contributed by atoms with E-state index in [4.69, 9.17) is 15.2 Å². The minimum Gasteiger partial charge on any atom is -0.508 e. The highest BCUT2D eigenvalue weighted by atomic mass is 32.2. The molecule has 1 aromatic rings. The van der Waals surface area contributed by atoms with Crippen molar-refractivity contribution in [2.24, 2.45) is 11.1 Å². The summed E-state index contributed by atoms with van der Waals surface area (Å²) in [5, 5.41) is 11.6. The number of esters is 2. The molecule has 11 heteroatoms. The van der Waals surface area contributed by atoms with E-state index < -0.39 is 64.2 Å². The predicted molar refractivity (Wildman–Crippen MR) is 120 cm³/mol. The molecule has 2 saturated heterocycles. The maximum atomic E-state index is 12.8. The van der Waals surface area contributed by atoms with E-state index >= 15 is 0 Å². The molecule has 2 heterocycles. The number of nitrogens with zero attached hydrogens (tertiary/aromatic N) is 1. The Kier molecular flexibility index (Phi) is 6.67. The van der Waals surface area contributed by atoms with Crippen molar-refractivity contribution in [2.75, 3.05) is 6.79 Å². The van der Waals surface area contributed by atoms with Crippen LogP contribution in [0.2, 0.25) is 0 Å². The first-order valence-corrected chi connectivity index (χ1v) is 11.3. The van der Waals surface area contributed by atoms with Gasteiger partial charge in [-0.3, -0.25) is 14.4 Å². The van der Waals surface area contributed by atoms with Crippen LogP contribution in [0.5, 0.6) is 5.75 Å². The number of nitrogens with one attached hydrogen (secondary N) is 1. The van der Waals surface area contributed by atoms with Gasteiger partial charge < -0.3 is 30.5 Å². The molecule has 1 aromatic carbocycles. The summed E-state index contributed by atoms with van der Waals surface area (Å²) < 4.78 is 9.43. The molecular formula is C22H29N3O7S. The van der Waals surface area contributed by atoms with E-state index in [0.29, 0.717) is 5.56 Å². The summed E-state index contributed by atoms with van der Waals surface area (Å²) in [6.45, 7) is 8.10. The molecule has 0 radical (unpaired) electrons. The van der Waals surface area contributed by atoms with Gasteiger partial charge in [-0.25, -0.2) is 4.79 Å². The van der Waals surface area contributed by atoms with Crippen molar-refractivity contribution in [2.45, 2.75) is 62.9 Å². The van der Waals surface area contributed by atoms with E-state index in [1.54, 1.807) is 34.6 Å². The maximum absolute atomic E-state index is 12.8. The third kappa shape index (κ3) is 4.93. The van der Waals surface area contributed by atoms with E-state index in [-0.39, 0.29) is 5.75 Å². The molecule has 4 atom stereocenters. The number of rotatable bonds is 6. The van der Waals surface area contributed by atoms with Crippen LogP contribution in [-0.2, 0) is 28.7 Å². The van der Waals surface area contributed by atoms with Crippen molar-refractivity contribution < 1.29 is 33.8 Å². The standard InChI is InChI=1S/C22H29N3O7S/c1-21(2,3)20(30)32-10-31-19(29)15-22(4,5)33-18-14(17(28)25(15)18)24-16(27)13(23)11-6-8-12(26)9-7-11/h6-9,13-15,18,26H,10,23H2,1-5H3,(H,24,27)/t13?,14-,15+,18-/m1/s1. The molecule has 0 aromatic heterocycles. The number of carbonyl (C=O) groups excluding carboxylic acids is 4. The van der Waals surface area contributed by atoms with Crippen LogP contribution in [0.4, 0.5) is 0 Å². The Hall–Kier alpha value is -2.79. The number of hydrogen-bond acceptors (Lipinski definition) is 9. The monoisotopic (exact) mass is 479 g/mol. The van der Waals surface area contributed by atoms with Gasteiger partial charge >= 0.3 is 11.9 Å². The normalized spacial score (nSPS) is 24.4. The first-order valence-electron chi connectivity index (χ1n) is 10.4. The number of phenolic OH excluding ortho intramolecular Hbond substituents is 1. The number of carbonyl (C=O) groups is 4. The molecule has 2 aliphatic rings. The van der Waals surface area contributed by atoms with E-state index in [1.165, 1.54) is 40.9 Å². The zero-order valence-corrected chi connectivity index (χ0v) is 20.0. The van der Waals surface area contributed by atoms with Gasteiger partial charge in [0.2, 0.25) is 18.6 Å². The molecule has 1 unspecified atom stereocenters. The number of aromatic hydroxyl groups is 1. The minimum absolute atomic E-state index is 0.0480. The summed E-state index contributed by atoms with van der Waals surface area (Å²) in [6, 6.07) is 3.14. The van der Waals surface area contributed by atoms with E-state index in [9.17, 15) is 24.3 Å². The first-order chi connectivity index (χ1) is 15.2. The number of fused-ring (bicyclic) bond motifs is 1. The van der Waals surface area contributed by atoms with Crippen molar-refractivity contribution in [1.29, 1.82) is 0 Å². The van der Waals surface area contributed by atoms with Gasteiger partial charge in [0, 0.05) is 4.75 Å². The topological polar surface area (TPSA) is 148 Å². The Morgan fingerprint density at radius 1 is 1.21 bits per heavy atom. The molecule has 33 heavy (non-hydrogen) atoms. The molecule has 180 valence electrons. The van der Waals surface area contributed by atoms with E-state index in [1.807, 2.05) is 0 Å². The number of amides is 2. The van der Waals surface area contributed by atoms with Gasteiger partial charge in [0.05, 0.1) is 5.41 Å². The number of nitrogens with two attached hydrogens (primary N) is 1. The second kappa shape index (κ2) is 8.86. The van der Waals surface area contributed by atoms with Gasteiger partial charge in [-0.2, -0.15) is 0 Å². The number of β-lactam (4-membered cyclic amide) rings is 1. The van der Waals surface area contributed by atoms with Gasteiger partial charge in [0.1, 0.15) is 29.2 Å². The third-order valence-electron chi connectivity index (χ3n) is 5.50. The molecular weight excluding hydrogens is 450 g/mol. The third-order valence-corrected chi connectivity index (χ3v) is 7.07. The van der Waals surface area contributed by atoms with Crippen LogP contribution in [-0.4, -0.2) is 62.8 Å². The van der Waals surface area contributed by atoms with Crippen molar-refractivity contribution in [3.8, 4) is 5.75 Å². The summed E-state index contributed by atoms with van der Waals surface area (Å²) in [6.07, 6.45) is 0.